The van der Waals surface area contributed by atoms with Gasteiger partial charge in [-0.05, 0) is 47.5 Å². The maximum atomic E-state index is 12.5. The van der Waals surface area contributed by atoms with E-state index in [0.717, 1.165) is 0 Å². The Morgan fingerprint density at radius 1 is 1.20 bits per heavy atom. The van der Waals surface area contributed by atoms with Crippen molar-refractivity contribution in [1.29, 1.82) is 0 Å². The molecule has 2 fully saturated rings. The first-order valence-electron chi connectivity index (χ1n) is 10.1. The van der Waals surface area contributed by atoms with E-state index in [0.29, 0.717) is 6.42 Å². The van der Waals surface area contributed by atoms with Crippen LogP contribution in [0, 0.1) is 0 Å². The van der Waals surface area contributed by atoms with Gasteiger partial charge in [0.1, 0.15) is 27.9 Å². The van der Waals surface area contributed by atoms with E-state index < -0.39 is 49.5 Å². The number of hydrogen-bond acceptors (Lipinski definition) is 9. The Morgan fingerprint density at radius 2 is 1.87 bits per heavy atom. The molecule has 2 saturated heterocycles. The van der Waals surface area contributed by atoms with Crippen molar-refractivity contribution in [2.75, 3.05) is 13.2 Å². The van der Waals surface area contributed by atoms with Crippen molar-refractivity contribution < 1.29 is 42.2 Å². The minimum Gasteiger partial charge on any atom is -0.756 e. The number of phosphoric ester groups is 1. The summed E-state index contributed by atoms with van der Waals surface area (Å²) in [7, 11) is 6.77. The number of ketones is 1. The zero-order chi connectivity index (χ0) is 22.7. The van der Waals surface area contributed by atoms with Crippen LogP contribution in [0.3, 0.4) is 0 Å². The molecule has 0 bridgehead atoms. The zero-order valence-corrected chi connectivity index (χ0v) is 19.0. The van der Waals surface area contributed by atoms with Crippen LogP contribution in [-0.4, -0.2) is 82.8 Å². The number of phosphoric acid groups is 1. The van der Waals surface area contributed by atoms with Gasteiger partial charge in [0.05, 0.1) is 31.5 Å². The highest BCUT2D eigenvalue weighted by Crippen LogP contribution is 2.47. The van der Waals surface area contributed by atoms with Gasteiger partial charge in [0.25, 0.3) is 7.82 Å². The van der Waals surface area contributed by atoms with Crippen LogP contribution in [0.2, 0.25) is 0 Å². The third kappa shape index (κ3) is 6.87. The molecular formula is C18H30B2O9P-. The summed E-state index contributed by atoms with van der Waals surface area (Å²) in [6.45, 7) is 8.02. The van der Waals surface area contributed by atoms with Gasteiger partial charge in [-0.25, -0.2) is 0 Å². The van der Waals surface area contributed by atoms with Gasteiger partial charge in [-0.3, -0.25) is 9.36 Å². The molecule has 2 aliphatic heterocycles. The van der Waals surface area contributed by atoms with Crippen LogP contribution < -0.4 is 4.89 Å². The van der Waals surface area contributed by atoms with E-state index in [1.807, 2.05) is 13.8 Å². The van der Waals surface area contributed by atoms with Gasteiger partial charge >= 0.3 is 0 Å². The Hall–Kier alpha value is -0.250. The fourth-order valence-electron chi connectivity index (χ4n) is 3.49. The van der Waals surface area contributed by atoms with E-state index in [4.69, 9.17) is 43.7 Å². The molecule has 0 aromatic heterocycles. The van der Waals surface area contributed by atoms with Crippen molar-refractivity contribution in [1.82, 2.24) is 0 Å². The first-order valence-corrected chi connectivity index (χ1v) is 11.6. The molecule has 2 rings (SSSR count). The molecule has 9 nitrogen and oxygen atoms in total. The van der Waals surface area contributed by atoms with Crippen molar-refractivity contribution in [2.45, 2.75) is 95.6 Å². The number of carbonyl (C=O) groups is 1. The second kappa shape index (κ2) is 10.6. The average molecular weight is 443 g/mol. The fraction of sp³-hybridized carbons (Fsp3) is 0.944. The van der Waals surface area contributed by atoms with Crippen LogP contribution in [0.1, 0.15) is 47.5 Å². The second-order valence-electron chi connectivity index (χ2n) is 8.21. The monoisotopic (exact) mass is 443 g/mol. The normalized spacial score (nSPS) is 36.5. The number of carbonyl (C=O) groups excluding carboxylic acids is 1. The van der Waals surface area contributed by atoms with Gasteiger partial charge in [0.15, 0.2) is 11.4 Å². The molecule has 30 heavy (non-hydrogen) atoms. The molecule has 0 aromatic carbocycles. The Kier molecular flexibility index (Phi) is 9.17. The van der Waals surface area contributed by atoms with Crippen LogP contribution in [0.25, 0.3) is 0 Å². The second-order valence-corrected chi connectivity index (χ2v) is 9.57. The summed E-state index contributed by atoms with van der Waals surface area (Å²) < 4.78 is 45.1. The lowest BCUT2D eigenvalue weighted by atomic mass is 9.90. The maximum Gasteiger partial charge on any atom is 0.268 e. The van der Waals surface area contributed by atoms with E-state index in [1.54, 1.807) is 13.8 Å². The highest BCUT2D eigenvalue weighted by molar-refractivity contribution is 7.45. The van der Waals surface area contributed by atoms with Crippen LogP contribution >= 0.6 is 7.82 Å². The highest BCUT2D eigenvalue weighted by Gasteiger charge is 2.53. The van der Waals surface area contributed by atoms with Crippen molar-refractivity contribution in [3.8, 4) is 0 Å². The van der Waals surface area contributed by atoms with Gasteiger partial charge < -0.3 is 32.9 Å². The lowest BCUT2D eigenvalue weighted by Crippen LogP contribution is -2.52. The van der Waals surface area contributed by atoms with E-state index in [1.165, 1.54) is 6.92 Å². The molecule has 12 heteroatoms. The zero-order valence-electron chi connectivity index (χ0n) is 18.1. The van der Waals surface area contributed by atoms with Crippen molar-refractivity contribution >= 4 is 29.3 Å². The summed E-state index contributed by atoms with van der Waals surface area (Å²) in [6, 6.07) is -1.45. The summed E-state index contributed by atoms with van der Waals surface area (Å²) >= 11 is 0. The molecule has 0 N–H and O–H groups in total. The summed E-state index contributed by atoms with van der Waals surface area (Å²) in [5.74, 6) is -0.448. The topological polar surface area (TPSA) is 113 Å². The molecular weight excluding hydrogens is 413 g/mol. The molecule has 0 amide bonds. The molecule has 2 heterocycles. The number of Topliss-reactive ketones (excluding diaryl/α,β-unsaturated/α-hetero) is 1. The number of rotatable bonds is 11. The van der Waals surface area contributed by atoms with Crippen LogP contribution in [0.4, 0.5) is 0 Å². The van der Waals surface area contributed by atoms with Crippen molar-refractivity contribution in [3.05, 3.63) is 0 Å². The summed E-state index contributed by atoms with van der Waals surface area (Å²) in [6.07, 6.45) is -2.14. The molecule has 0 saturated carbocycles. The van der Waals surface area contributed by atoms with Crippen molar-refractivity contribution in [2.24, 2.45) is 0 Å². The SMILES string of the molecule is [B][C@H]1C[C@@H](OC(C)C)[C@@H](COP(=O)([O-])O[C@@H]2C[C@H]([B])O[C@@]2(COC(C)C)C(C)=O)O1. The van der Waals surface area contributed by atoms with E-state index >= 15 is 0 Å². The molecule has 0 aliphatic carbocycles. The summed E-state index contributed by atoms with van der Waals surface area (Å²) in [5.41, 5.74) is -1.64. The Labute approximate surface area is 180 Å². The quantitative estimate of drug-likeness (QED) is 0.335. The summed E-state index contributed by atoms with van der Waals surface area (Å²) in [4.78, 5) is 24.9. The Bertz CT molecular complexity index is 635. The minimum atomic E-state index is -4.84. The van der Waals surface area contributed by atoms with E-state index in [-0.39, 0.29) is 31.8 Å². The minimum absolute atomic E-state index is 0.0134. The molecule has 2 aliphatic rings. The smallest absolute Gasteiger partial charge is 0.268 e. The number of hydrogen-bond donors (Lipinski definition) is 0. The average Bonchev–Trinajstić information content (AvgIpc) is 3.10. The highest BCUT2D eigenvalue weighted by atomic mass is 31.2. The Morgan fingerprint density at radius 3 is 2.43 bits per heavy atom. The third-order valence-electron chi connectivity index (χ3n) is 4.88. The number of ether oxygens (including phenoxy) is 4. The molecule has 0 aromatic rings. The van der Waals surface area contributed by atoms with E-state index in [2.05, 4.69) is 0 Å². The van der Waals surface area contributed by atoms with Crippen LogP contribution in [0.15, 0.2) is 0 Å². The summed E-state index contributed by atoms with van der Waals surface area (Å²) in [5, 5.41) is 0. The van der Waals surface area contributed by atoms with Crippen LogP contribution in [0.5, 0.6) is 0 Å². The predicted octanol–water partition coefficient (Wildman–Crippen LogP) is 0.601. The molecule has 7 atom stereocenters. The standard InChI is InChI=1S/C18H31B2O9P/c1-10(2)24-9-18(12(5)21)15(7-17(20)28-18)29-30(22,23)25-8-14-13(26-11(3)4)6-16(19)27-14/h10-11,13-17H,6-9H2,1-5H3,(H,22,23)/p-1/t13-,14-,15-,16-,17-,18+/m1/s1. The Balaban J connectivity index is 2.04. The first kappa shape index (κ1) is 26.0. The predicted molar refractivity (Wildman–Crippen MR) is 107 cm³/mol. The third-order valence-corrected chi connectivity index (χ3v) is 5.86. The molecule has 168 valence electrons. The van der Waals surface area contributed by atoms with Gasteiger partial charge in [-0.2, -0.15) is 0 Å². The van der Waals surface area contributed by atoms with Gasteiger partial charge in [0.2, 0.25) is 0 Å². The van der Waals surface area contributed by atoms with Crippen molar-refractivity contribution in [3.63, 3.8) is 0 Å². The molecule has 4 radical (unpaired) electrons. The first-order chi connectivity index (χ1) is 13.8. The molecule has 0 spiro atoms. The van der Waals surface area contributed by atoms with E-state index in [9.17, 15) is 14.3 Å². The maximum absolute atomic E-state index is 12.5. The molecule has 1 unspecified atom stereocenters. The lowest BCUT2D eigenvalue weighted by Gasteiger charge is -2.36. The van der Waals surface area contributed by atoms with Crippen LogP contribution in [-0.2, 0) is 37.4 Å². The lowest BCUT2D eigenvalue weighted by molar-refractivity contribution is -0.237. The van der Waals surface area contributed by atoms with Gasteiger partial charge in [-0.15, -0.1) is 0 Å². The fourth-order valence-corrected chi connectivity index (χ4v) is 4.45. The van der Waals surface area contributed by atoms with Gasteiger partial charge in [0, 0.05) is 12.0 Å². The van der Waals surface area contributed by atoms with Gasteiger partial charge in [-0.1, -0.05) is 0 Å². The largest absolute Gasteiger partial charge is 0.756 e.